The van der Waals surface area contributed by atoms with E-state index in [9.17, 15) is 10.1 Å². The zero-order chi connectivity index (χ0) is 28.6. The van der Waals surface area contributed by atoms with Crippen LogP contribution in [0.15, 0.2) is 61.2 Å². The summed E-state index contributed by atoms with van der Waals surface area (Å²) in [5.74, 6) is 1.06. The van der Waals surface area contributed by atoms with Gasteiger partial charge in [0, 0.05) is 6.08 Å². The van der Waals surface area contributed by atoms with Crippen LogP contribution in [0.5, 0.6) is 5.75 Å². The normalized spacial score (nSPS) is 18.7. The van der Waals surface area contributed by atoms with Crippen molar-refractivity contribution in [2.45, 2.75) is 116 Å². The third kappa shape index (κ3) is 9.84. The molecule has 3 rings (SSSR count). The number of nitrogens with zero attached hydrogens (tertiary/aromatic N) is 1. The summed E-state index contributed by atoms with van der Waals surface area (Å²) in [4.78, 5) is 11.1. The number of hydrogen-bond acceptors (Lipinski definition) is 4. The maximum Gasteiger partial charge on any atom is 0.330 e. The van der Waals surface area contributed by atoms with Crippen LogP contribution in [0.1, 0.15) is 115 Å². The van der Waals surface area contributed by atoms with E-state index in [-0.39, 0.29) is 11.4 Å². The molecule has 0 spiro atoms. The van der Waals surface area contributed by atoms with Crippen LogP contribution in [0.4, 0.5) is 0 Å². The Morgan fingerprint density at radius 3 is 2.25 bits per heavy atom. The first-order valence-corrected chi connectivity index (χ1v) is 15.6. The molecule has 0 aromatic heterocycles. The lowest BCUT2D eigenvalue weighted by Gasteiger charge is -2.36. The number of unbranched alkanes of at least 4 members (excludes halogenated alkanes) is 4. The van der Waals surface area contributed by atoms with E-state index in [0.717, 1.165) is 95.6 Å². The van der Waals surface area contributed by atoms with Crippen molar-refractivity contribution in [1.82, 2.24) is 0 Å². The Morgan fingerprint density at radius 2 is 1.62 bits per heavy atom. The van der Waals surface area contributed by atoms with Crippen LogP contribution in [-0.2, 0) is 9.53 Å². The first-order chi connectivity index (χ1) is 19.5. The molecule has 2 atom stereocenters. The molecule has 4 nitrogen and oxygen atoms in total. The van der Waals surface area contributed by atoms with E-state index >= 15 is 0 Å². The predicted molar refractivity (Wildman–Crippen MR) is 164 cm³/mol. The molecule has 1 aliphatic rings. The average molecular weight is 544 g/mol. The first kappa shape index (κ1) is 31.5. The number of carbonyl (C=O) groups is 1. The minimum atomic E-state index is -0.347. The average Bonchev–Trinajstić information content (AvgIpc) is 2.99. The highest BCUT2D eigenvalue weighted by Crippen LogP contribution is 2.47. The van der Waals surface area contributed by atoms with Crippen LogP contribution in [-0.4, -0.2) is 18.7 Å². The molecule has 40 heavy (non-hydrogen) atoms. The fourth-order valence-electron chi connectivity index (χ4n) is 6.13. The molecule has 0 heterocycles. The molecule has 0 radical (unpaired) electrons. The van der Waals surface area contributed by atoms with Crippen molar-refractivity contribution in [2.24, 2.45) is 5.41 Å². The Bertz CT molecular complexity index is 1060. The van der Waals surface area contributed by atoms with Crippen molar-refractivity contribution in [3.05, 3.63) is 66.7 Å². The summed E-state index contributed by atoms with van der Waals surface area (Å²) in [7, 11) is 0. The molecule has 2 aromatic carbocycles. The zero-order valence-electron chi connectivity index (χ0n) is 24.8. The van der Waals surface area contributed by atoms with Gasteiger partial charge >= 0.3 is 5.97 Å². The monoisotopic (exact) mass is 543 g/mol. The highest BCUT2D eigenvalue weighted by Gasteiger charge is 2.36. The minimum Gasteiger partial charge on any atom is -0.490 e. The maximum atomic E-state index is 11.1. The predicted octanol–water partition coefficient (Wildman–Crippen LogP) is 9.94. The Labute approximate surface area is 242 Å². The number of esters is 1. The van der Waals surface area contributed by atoms with Crippen molar-refractivity contribution < 1.29 is 14.3 Å². The van der Waals surface area contributed by atoms with Gasteiger partial charge in [0.15, 0.2) is 0 Å². The molecule has 2 aromatic rings. The summed E-state index contributed by atoms with van der Waals surface area (Å²) in [5.41, 5.74) is 3.58. The Balaban J connectivity index is 1.49. The number of nitriles is 1. The lowest BCUT2D eigenvalue weighted by Crippen LogP contribution is -2.26. The van der Waals surface area contributed by atoms with E-state index < -0.39 is 0 Å². The summed E-state index contributed by atoms with van der Waals surface area (Å²) in [6.45, 7) is 8.30. The number of carbonyl (C=O) groups excluding carboxylic acids is 1. The Morgan fingerprint density at radius 1 is 1.00 bits per heavy atom. The van der Waals surface area contributed by atoms with E-state index in [2.05, 4.69) is 75.0 Å². The first-order valence-electron chi connectivity index (χ1n) is 15.6. The van der Waals surface area contributed by atoms with Crippen LogP contribution in [0.3, 0.4) is 0 Å². The molecule has 1 fully saturated rings. The van der Waals surface area contributed by atoms with Gasteiger partial charge < -0.3 is 9.47 Å². The number of hydrogen-bond donors (Lipinski definition) is 0. The second-order valence-electron chi connectivity index (χ2n) is 11.5. The molecular formula is C36H49NO3. The minimum absolute atomic E-state index is 0.204. The van der Waals surface area contributed by atoms with E-state index in [1.165, 1.54) is 22.8 Å². The highest BCUT2D eigenvalue weighted by molar-refractivity contribution is 5.81. The largest absolute Gasteiger partial charge is 0.490 e. The van der Waals surface area contributed by atoms with Gasteiger partial charge in [-0.2, -0.15) is 5.26 Å². The molecule has 0 aliphatic heterocycles. The van der Waals surface area contributed by atoms with Crippen LogP contribution >= 0.6 is 0 Å². The molecule has 0 bridgehead atoms. The third-order valence-corrected chi connectivity index (χ3v) is 8.39. The second kappa shape index (κ2) is 16.9. The summed E-state index contributed by atoms with van der Waals surface area (Å²) < 4.78 is 11.3. The Kier molecular flexibility index (Phi) is 13.3. The molecule has 0 saturated heterocycles. The molecule has 216 valence electrons. The summed E-state index contributed by atoms with van der Waals surface area (Å²) >= 11 is 0. The number of benzene rings is 2. The van der Waals surface area contributed by atoms with Crippen molar-refractivity contribution >= 4 is 5.97 Å². The highest BCUT2D eigenvalue weighted by atomic mass is 16.5. The quantitative estimate of drug-likeness (QED) is 0.113. The molecular weight excluding hydrogens is 494 g/mol. The van der Waals surface area contributed by atoms with Gasteiger partial charge in [0.25, 0.3) is 0 Å². The van der Waals surface area contributed by atoms with Crippen LogP contribution in [0.2, 0.25) is 0 Å². The van der Waals surface area contributed by atoms with Crippen molar-refractivity contribution in [3.8, 4) is 22.9 Å². The number of ether oxygens (including phenoxy) is 2. The molecule has 2 unspecified atom stereocenters. The fraction of sp³-hybridized carbons (Fsp3) is 0.556. The van der Waals surface area contributed by atoms with E-state index in [4.69, 9.17) is 9.47 Å². The summed E-state index contributed by atoms with van der Waals surface area (Å²) in [6, 6.07) is 20.3. The second-order valence-corrected chi connectivity index (χ2v) is 11.5. The lowest BCUT2D eigenvalue weighted by molar-refractivity contribution is -0.137. The molecule has 4 heteroatoms. The fourth-order valence-corrected chi connectivity index (χ4v) is 6.13. The van der Waals surface area contributed by atoms with Gasteiger partial charge in [-0.15, -0.1) is 0 Å². The van der Waals surface area contributed by atoms with E-state index in [0.29, 0.717) is 18.6 Å². The van der Waals surface area contributed by atoms with Crippen molar-refractivity contribution in [2.75, 3.05) is 6.61 Å². The van der Waals surface area contributed by atoms with Gasteiger partial charge in [-0.3, -0.25) is 0 Å². The van der Waals surface area contributed by atoms with Gasteiger partial charge in [-0.05, 0) is 79.7 Å². The molecule has 0 N–H and O–H groups in total. The van der Waals surface area contributed by atoms with Crippen LogP contribution in [0, 0.1) is 16.7 Å². The van der Waals surface area contributed by atoms with Gasteiger partial charge in [0.2, 0.25) is 0 Å². The van der Waals surface area contributed by atoms with Crippen molar-refractivity contribution in [3.63, 3.8) is 0 Å². The topological polar surface area (TPSA) is 59.3 Å². The third-order valence-electron chi connectivity index (χ3n) is 8.39. The molecule has 0 amide bonds. The van der Waals surface area contributed by atoms with Gasteiger partial charge in [0.05, 0.1) is 24.2 Å². The smallest absolute Gasteiger partial charge is 0.330 e. The van der Waals surface area contributed by atoms with Gasteiger partial charge in [-0.25, -0.2) is 4.79 Å². The zero-order valence-corrected chi connectivity index (χ0v) is 24.8. The molecule has 1 aliphatic carbocycles. The van der Waals surface area contributed by atoms with Gasteiger partial charge in [-0.1, -0.05) is 102 Å². The van der Waals surface area contributed by atoms with E-state index in [1.54, 1.807) is 0 Å². The van der Waals surface area contributed by atoms with Crippen molar-refractivity contribution in [1.29, 1.82) is 5.26 Å². The SMILES string of the molecule is C=CC(=O)OCCCCCCCC1(C#N)CCCC(c2ccc(-c3ccc(OC(CCC)CCC)cc3)cc2)C1. The van der Waals surface area contributed by atoms with Crippen LogP contribution < -0.4 is 4.74 Å². The summed E-state index contributed by atoms with van der Waals surface area (Å²) in [6.07, 6.45) is 16.5. The van der Waals surface area contributed by atoms with Crippen LogP contribution in [0.25, 0.3) is 11.1 Å². The van der Waals surface area contributed by atoms with E-state index in [1.807, 2.05) is 0 Å². The van der Waals surface area contributed by atoms with Gasteiger partial charge in [0.1, 0.15) is 5.75 Å². The molecule has 1 saturated carbocycles. The summed E-state index contributed by atoms with van der Waals surface area (Å²) in [5, 5.41) is 10.2. The maximum absolute atomic E-state index is 11.1. The standard InChI is InChI=1S/C36H49NO3/c1-4-13-33(14-5-2)40-34-22-20-30(21-23-34)29-16-18-31(19-17-29)32-15-12-25-36(27-32,28-37)24-10-8-7-9-11-26-39-35(38)6-3/h6,16-23,32-33H,3-5,7-15,24-27H2,1-2H3. The number of rotatable bonds is 17. The Hall–Kier alpha value is -3.06. The lowest BCUT2D eigenvalue weighted by atomic mass is 9.66.